The maximum absolute atomic E-state index is 13.2. The van der Waals surface area contributed by atoms with Gasteiger partial charge in [-0.3, -0.25) is 4.79 Å². The number of rotatable bonds is 3. The average Bonchev–Trinajstić information content (AvgIpc) is 2.29. The van der Waals surface area contributed by atoms with Gasteiger partial charge in [-0.25, -0.2) is 9.18 Å². The Morgan fingerprint density at radius 1 is 1.37 bits per heavy atom. The fourth-order valence-electron chi connectivity index (χ4n) is 1.38. The van der Waals surface area contributed by atoms with Gasteiger partial charge in [-0.2, -0.15) is 0 Å². The van der Waals surface area contributed by atoms with Crippen molar-refractivity contribution in [3.05, 3.63) is 29.6 Å². The van der Waals surface area contributed by atoms with Crippen LogP contribution in [0.25, 0.3) is 0 Å². The Morgan fingerprint density at radius 3 is 2.42 bits per heavy atom. The Morgan fingerprint density at radius 2 is 1.95 bits per heavy atom. The van der Waals surface area contributed by atoms with Crippen LogP contribution >= 0.6 is 0 Å². The molecule has 0 saturated heterocycles. The summed E-state index contributed by atoms with van der Waals surface area (Å²) in [4.78, 5) is 22.6. The third-order valence-electron chi connectivity index (χ3n) is 2.68. The fourth-order valence-corrected chi connectivity index (χ4v) is 1.38. The molecule has 1 atom stereocenters. The number of hydrogen-bond acceptors (Lipinski definition) is 3. The lowest BCUT2D eigenvalue weighted by Gasteiger charge is -2.25. The number of halogens is 1. The smallest absolute Gasteiger partial charge is 0.338 e. The summed E-state index contributed by atoms with van der Waals surface area (Å²) >= 11 is 0. The van der Waals surface area contributed by atoms with E-state index in [0.29, 0.717) is 0 Å². The van der Waals surface area contributed by atoms with Crippen molar-refractivity contribution >= 4 is 17.6 Å². The molecule has 1 aromatic rings. The lowest BCUT2D eigenvalue weighted by molar-refractivity contribution is -0.119. The largest absolute Gasteiger partial charge is 0.478 e. The van der Waals surface area contributed by atoms with Gasteiger partial charge in [-0.1, -0.05) is 20.8 Å². The zero-order chi connectivity index (χ0) is 14.8. The Balaban J connectivity index is 2.92. The van der Waals surface area contributed by atoms with Gasteiger partial charge in [0.05, 0.1) is 11.6 Å². The lowest BCUT2D eigenvalue weighted by atomic mass is 9.87. The van der Waals surface area contributed by atoms with E-state index >= 15 is 0 Å². The fraction of sp³-hybridized carbons (Fsp3) is 0.385. The normalized spacial score (nSPS) is 12.9. The van der Waals surface area contributed by atoms with Crippen LogP contribution in [0.15, 0.2) is 18.2 Å². The molecule has 104 valence electrons. The van der Waals surface area contributed by atoms with Crippen LogP contribution in [0.1, 0.15) is 31.1 Å². The molecule has 0 saturated carbocycles. The van der Waals surface area contributed by atoms with Crippen LogP contribution in [-0.2, 0) is 4.79 Å². The van der Waals surface area contributed by atoms with E-state index in [9.17, 15) is 14.0 Å². The van der Waals surface area contributed by atoms with E-state index < -0.39 is 34.7 Å². The summed E-state index contributed by atoms with van der Waals surface area (Å²) in [6, 6.07) is 2.58. The number of anilines is 1. The molecule has 0 unspecified atom stereocenters. The zero-order valence-corrected chi connectivity index (χ0v) is 11.0. The number of carbonyl (C=O) groups excluding carboxylic acids is 1. The van der Waals surface area contributed by atoms with Crippen LogP contribution in [-0.4, -0.2) is 23.0 Å². The van der Waals surface area contributed by atoms with Gasteiger partial charge in [0.1, 0.15) is 5.82 Å². The Bertz CT molecular complexity index is 509. The highest BCUT2D eigenvalue weighted by atomic mass is 19.1. The maximum atomic E-state index is 13.2. The van der Waals surface area contributed by atoms with E-state index in [1.807, 2.05) is 20.8 Å². The van der Waals surface area contributed by atoms with E-state index in [-0.39, 0.29) is 5.69 Å². The number of carbonyl (C=O) groups is 2. The zero-order valence-electron chi connectivity index (χ0n) is 11.0. The van der Waals surface area contributed by atoms with Crippen LogP contribution in [0.5, 0.6) is 0 Å². The number of carboxylic acids is 1. The van der Waals surface area contributed by atoms with Crippen LogP contribution in [0, 0.1) is 11.2 Å². The van der Waals surface area contributed by atoms with E-state index in [0.717, 1.165) is 12.1 Å². The van der Waals surface area contributed by atoms with Crippen molar-refractivity contribution in [1.82, 2.24) is 0 Å². The molecule has 1 aromatic carbocycles. The first-order valence-corrected chi connectivity index (χ1v) is 5.72. The Hall–Kier alpha value is -1.95. The molecule has 0 aromatic heterocycles. The quantitative estimate of drug-likeness (QED) is 0.779. The molecule has 0 fully saturated rings. The number of nitrogens with one attached hydrogen (secondary N) is 1. The summed E-state index contributed by atoms with van der Waals surface area (Å²) in [6.45, 7) is 5.43. The highest BCUT2D eigenvalue weighted by Gasteiger charge is 2.27. The molecule has 19 heavy (non-hydrogen) atoms. The minimum absolute atomic E-state index is 0.198. The average molecular weight is 268 g/mol. The van der Waals surface area contributed by atoms with E-state index in [2.05, 4.69) is 5.32 Å². The van der Waals surface area contributed by atoms with Crippen LogP contribution in [0.2, 0.25) is 0 Å². The predicted octanol–water partition coefficient (Wildman–Crippen LogP) is 1.84. The van der Waals surface area contributed by atoms with Crippen molar-refractivity contribution in [2.24, 2.45) is 11.1 Å². The van der Waals surface area contributed by atoms with Crippen molar-refractivity contribution in [2.45, 2.75) is 26.8 Å². The first kappa shape index (κ1) is 15.1. The van der Waals surface area contributed by atoms with Crippen LogP contribution < -0.4 is 11.1 Å². The maximum Gasteiger partial charge on any atom is 0.338 e. The van der Waals surface area contributed by atoms with Gasteiger partial charge >= 0.3 is 5.97 Å². The highest BCUT2D eigenvalue weighted by Crippen LogP contribution is 2.20. The summed E-state index contributed by atoms with van der Waals surface area (Å²) < 4.78 is 13.2. The van der Waals surface area contributed by atoms with Crippen molar-refractivity contribution < 1.29 is 19.1 Å². The molecule has 1 amide bonds. The van der Waals surface area contributed by atoms with E-state index in [1.165, 1.54) is 6.07 Å². The molecule has 0 spiro atoms. The molecule has 6 heteroatoms. The molecule has 5 nitrogen and oxygen atoms in total. The van der Waals surface area contributed by atoms with Crippen LogP contribution in [0.3, 0.4) is 0 Å². The molecule has 4 N–H and O–H groups in total. The number of nitrogens with two attached hydrogens (primary N) is 1. The summed E-state index contributed by atoms with van der Waals surface area (Å²) in [5.74, 6) is -2.70. The molecule has 1 rings (SSSR count). The second-order valence-corrected chi connectivity index (χ2v) is 5.33. The summed E-state index contributed by atoms with van der Waals surface area (Å²) in [5.41, 5.74) is 5.04. The predicted molar refractivity (Wildman–Crippen MR) is 69.4 cm³/mol. The monoisotopic (exact) mass is 268 g/mol. The molecule has 0 aliphatic heterocycles. The third-order valence-corrected chi connectivity index (χ3v) is 2.68. The third kappa shape index (κ3) is 3.75. The topological polar surface area (TPSA) is 92.4 Å². The summed E-state index contributed by atoms with van der Waals surface area (Å²) in [6.07, 6.45) is 0. The molecule has 0 aliphatic carbocycles. The van der Waals surface area contributed by atoms with Gasteiger partial charge < -0.3 is 16.2 Å². The molecule has 0 bridgehead atoms. The minimum atomic E-state index is -1.39. The number of carboxylic acid groups (broad SMARTS) is 1. The highest BCUT2D eigenvalue weighted by molar-refractivity contribution is 5.97. The Labute approximate surface area is 110 Å². The first-order chi connectivity index (χ1) is 8.62. The molecular formula is C13H17FN2O3. The standard InChI is InChI=1S/C13H17FN2O3/c1-13(2,3)10(15)11(17)16-7-4-5-9(14)8(6-7)12(18)19/h4-6,10H,15H2,1-3H3,(H,16,17)(H,18,19)/t10-/m0/s1. The molecule has 0 aliphatic rings. The van der Waals surface area contributed by atoms with Gasteiger partial charge in [0.2, 0.25) is 5.91 Å². The van der Waals surface area contributed by atoms with Gasteiger partial charge in [0.15, 0.2) is 0 Å². The molecular weight excluding hydrogens is 251 g/mol. The number of hydrogen-bond donors (Lipinski definition) is 3. The lowest BCUT2D eigenvalue weighted by Crippen LogP contribution is -2.45. The number of aromatic carboxylic acids is 1. The van der Waals surface area contributed by atoms with Gasteiger partial charge in [0.25, 0.3) is 0 Å². The molecule has 0 heterocycles. The summed E-state index contributed by atoms with van der Waals surface area (Å²) in [5, 5.41) is 11.3. The van der Waals surface area contributed by atoms with Gasteiger partial charge in [-0.15, -0.1) is 0 Å². The summed E-state index contributed by atoms with van der Waals surface area (Å²) in [7, 11) is 0. The second kappa shape index (κ2) is 5.36. The number of benzene rings is 1. The molecule has 0 radical (unpaired) electrons. The first-order valence-electron chi connectivity index (χ1n) is 5.72. The van der Waals surface area contributed by atoms with E-state index in [1.54, 1.807) is 0 Å². The minimum Gasteiger partial charge on any atom is -0.478 e. The van der Waals surface area contributed by atoms with Crippen LogP contribution in [0.4, 0.5) is 10.1 Å². The number of amides is 1. The Kier molecular flexibility index (Phi) is 4.26. The van der Waals surface area contributed by atoms with Crippen molar-refractivity contribution in [2.75, 3.05) is 5.32 Å². The van der Waals surface area contributed by atoms with Crippen molar-refractivity contribution in [1.29, 1.82) is 0 Å². The van der Waals surface area contributed by atoms with Crippen molar-refractivity contribution in [3.8, 4) is 0 Å². The van der Waals surface area contributed by atoms with E-state index in [4.69, 9.17) is 10.8 Å². The second-order valence-electron chi connectivity index (χ2n) is 5.33. The van der Waals surface area contributed by atoms with Gasteiger partial charge in [0, 0.05) is 5.69 Å². The van der Waals surface area contributed by atoms with Crippen molar-refractivity contribution in [3.63, 3.8) is 0 Å². The van der Waals surface area contributed by atoms with Gasteiger partial charge in [-0.05, 0) is 23.6 Å². The SMILES string of the molecule is CC(C)(C)[C@@H](N)C(=O)Nc1ccc(F)c(C(=O)O)c1.